The van der Waals surface area contributed by atoms with Gasteiger partial charge in [-0.3, -0.25) is 24.0 Å². The maximum absolute atomic E-state index is 12.8. The van der Waals surface area contributed by atoms with Crippen molar-refractivity contribution in [2.24, 2.45) is 11.5 Å². The van der Waals surface area contributed by atoms with E-state index in [1.54, 1.807) is 0 Å². The highest BCUT2D eigenvalue weighted by Gasteiger charge is 2.29. The van der Waals surface area contributed by atoms with Crippen molar-refractivity contribution in [2.75, 3.05) is 0 Å². The second-order valence-corrected chi connectivity index (χ2v) is 8.11. The molecule has 14 nitrogen and oxygen atoms in total. The third-order valence-corrected chi connectivity index (χ3v) is 5.06. The van der Waals surface area contributed by atoms with E-state index >= 15 is 0 Å². The van der Waals surface area contributed by atoms with E-state index < -0.39 is 66.2 Å². The molecule has 0 saturated heterocycles. The molecular weight excluding hydrogens is 478 g/mol. The first-order valence-corrected chi connectivity index (χ1v) is 11.0. The Morgan fingerprint density at radius 2 is 1.42 bits per heavy atom. The van der Waals surface area contributed by atoms with Crippen LogP contribution in [-0.4, -0.2) is 75.1 Å². The summed E-state index contributed by atoms with van der Waals surface area (Å²) < 4.78 is 0. The summed E-state index contributed by atoms with van der Waals surface area (Å²) in [6, 6.07) is 0.506. The molecule has 0 bridgehead atoms. The molecule has 0 aromatic heterocycles. The van der Waals surface area contributed by atoms with Gasteiger partial charge in [-0.05, 0) is 37.5 Å². The van der Waals surface area contributed by atoms with Crippen LogP contribution >= 0.6 is 0 Å². The number of hydrogen-bond acceptors (Lipinski definition) is 8. The van der Waals surface area contributed by atoms with E-state index in [-0.39, 0.29) is 31.4 Å². The van der Waals surface area contributed by atoms with E-state index in [0.29, 0.717) is 5.56 Å². The monoisotopic (exact) mass is 509 g/mol. The van der Waals surface area contributed by atoms with Crippen molar-refractivity contribution in [3.63, 3.8) is 0 Å². The lowest BCUT2D eigenvalue weighted by Crippen LogP contribution is -2.56. The van der Waals surface area contributed by atoms with Gasteiger partial charge < -0.3 is 42.7 Å². The third kappa shape index (κ3) is 10.8. The van der Waals surface area contributed by atoms with Gasteiger partial charge >= 0.3 is 11.9 Å². The van der Waals surface area contributed by atoms with Crippen molar-refractivity contribution in [1.82, 2.24) is 16.0 Å². The largest absolute Gasteiger partial charge is 0.508 e. The molecule has 0 aliphatic heterocycles. The predicted octanol–water partition coefficient (Wildman–Crippen LogP) is -2.05. The number of benzene rings is 1. The maximum Gasteiger partial charge on any atom is 0.326 e. The minimum Gasteiger partial charge on any atom is -0.508 e. The van der Waals surface area contributed by atoms with Gasteiger partial charge in [0.05, 0.1) is 6.04 Å². The minimum atomic E-state index is -1.42. The highest BCUT2D eigenvalue weighted by molar-refractivity contribution is 5.94. The van der Waals surface area contributed by atoms with E-state index in [9.17, 15) is 39.0 Å². The number of rotatable bonds is 15. The summed E-state index contributed by atoms with van der Waals surface area (Å²) in [5.74, 6) is -5.82. The van der Waals surface area contributed by atoms with Crippen LogP contribution in [0.2, 0.25) is 0 Å². The van der Waals surface area contributed by atoms with E-state index in [1.807, 2.05) is 0 Å². The van der Waals surface area contributed by atoms with E-state index in [4.69, 9.17) is 16.6 Å². The number of hydrogen-bond donors (Lipinski definition) is 8. The van der Waals surface area contributed by atoms with E-state index in [0.717, 1.165) is 0 Å². The van der Waals surface area contributed by atoms with Crippen LogP contribution in [0.1, 0.15) is 38.2 Å². The number of aliphatic carboxylic acids is 2. The standard InChI is InChI=1S/C22H31N5O9/c1-11(25-20(33)14(23)6-8-17(24)29)19(32)26-15(7-9-18(30)31)21(34)27-16(22(35)36)10-12-2-4-13(28)5-3-12/h2-5,11,14-16,28H,6-10,23H2,1H3,(H2,24,29)(H,25,33)(H,26,32)(H,27,34)(H,30,31)(H,35,36). The first-order chi connectivity index (χ1) is 16.8. The number of phenols is 1. The SMILES string of the molecule is CC(NC(=O)C(N)CCC(N)=O)C(=O)NC(CCC(=O)O)C(=O)NC(Cc1ccc(O)cc1)C(=O)O. The maximum atomic E-state index is 12.8. The number of carboxylic acid groups (broad SMARTS) is 2. The van der Waals surface area contributed by atoms with Gasteiger partial charge in [0, 0.05) is 19.3 Å². The molecule has 10 N–H and O–H groups in total. The number of nitrogens with one attached hydrogen (secondary N) is 3. The van der Waals surface area contributed by atoms with Gasteiger partial charge in [0.1, 0.15) is 23.9 Å². The average molecular weight is 510 g/mol. The molecule has 0 aliphatic rings. The summed E-state index contributed by atoms with van der Waals surface area (Å²) in [5, 5.41) is 34.7. The van der Waals surface area contributed by atoms with Crippen molar-refractivity contribution in [2.45, 2.75) is 63.2 Å². The number of carbonyl (C=O) groups excluding carboxylic acids is 4. The summed E-state index contributed by atoms with van der Waals surface area (Å²) in [4.78, 5) is 71.0. The lowest BCUT2D eigenvalue weighted by atomic mass is 10.0. The number of carboxylic acids is 2. The van der Waals surface area contributed by atoms with Crippen LogP contribution in [0.25, 0.3) is 0 Å². The first-order valence-electron chi connectivity index (χ1n) is 11.0. The lowest BCUT2D eigenvalue weighted by molar-refractivity contribution is -0.143. The fraction of sp³-hybridized carbons (Fsp3) is 0.455. The molecule has 4 unspecified atom stereocenters. The highest BCUT2D eigenvalue weighted by atomic mass is 16.4. The Hall–Kier alpha value is -4.20. The molecule has 4 atom stereocenters. The first kappa shape index (κ1) is 29.8. The Morgan fingerprint density at radius 3 is 1.94 bits per heavy atom. The average Bonchev–Trinajstić information content (AvgIpc) is 2.80. The second kappa shape index (κ2) is 14.3. The quantitative estimate of drug-likeness (QED) is 0.128. The molecule has 1 rings (SSSR count). The molecule has 0 heterocycles. The topological polar surface area (TPSA) is 251 Å². The molecule has 0 fully saturated rings. The molecule has 0 radical (unpaired) electrons. The number of nitrogens with two attached hydrogens (primary N) is 2. The van der Waals surface area contributed by atoms with E-state index in [2.05, 4.69) is 16.0 Å². The normalized spacial score (nSPS) is 13.9. The molecule has 0 saturated carbocycles. The van der Waals surface area contributed by atoms with Gasteiger partial charge in [-0.2, -0.15) is 0 Å². The van der Waals surface area contributed by atoms with Gasteiger partial charge in [0.2, 0.25) is 23.6 Å². The molecular formula is C22H31N5O9. The Labute approximate surface area is 206 Å². The van der Waals surface area contributed by atoms with Crippen LogP contribution in [0, 0.1) is 0 Å². The Morgan fingerprint density at radius 1 is 0.833 bits per heavy atom. The molecule has 198 valence electrons. The van der Waals surface area contributed by atoms with Crippen molar-refractivity contribution < 1.29 is 44.1 Å². The van der Waals surface area contributed by atoms with Crippen LogP contribution in [-0.2, 0) is 35.2 Å². The zero-order valence-electron chi connectivity index (χ0n) is 19.6. The third-order valence-electron chi connectivity index (χ3n) is 5.06. The number of amides is 4. The summed E-state index contributed by atoms with van der Waals surface area (Å²) in [6.45, 7) is 1.30. The minimum absolute atomic E-state index is 0.0267. The molecule has 1 aromatic rings. The molecule has 0 aliphatic carbocycles. The summed E-state index contributed by atoms with van der Waals surface area (Å²) in [5.41, 5.74) is 11.2. The highest BCUT2D eigenvalue weighted by Crippen LogP contribution is 2.12. The van der Waals surface area contributed by atoms with Crippen molar-refractivity contribution >= 4 is 35.6 Å². The number of aromatic hydroxyl groups is 1. The van der Waals surface area contributed by atoms with Crippen LogP contribution < -0.4 is 27.4 Å². The van der Waals surface area contributed by atoms with Crippen LogP contribution in [0.3, 0.4) is 0 Å². The molecule has 4 amide bonds. The fourth-order valence-corrected chi connectivity index (χ4v) is 2.99. The molecule has 14 heteroatoms. The van der Waals surface area contributed by atoms with Gasteiger partial charge in [0.25, 0.3) is 0 Å². The predicted molar refractivity (Wildman–Crippen MR) is 124 cm³/mol. The second-order valence-electron chi connectivity index (χ2n) is 8.11. The zero-order chi connectivity index (χ0) is 27.4. The van der Waals surface area contributed by atoms with Crippen LogP contribution in [0.5, 0.6) is 5.75 Å². The van der Waals surface area contributed by atoms with E-state index in [1.165, 1.54) is 31.2 Å². The Kier molecular flexibility index (Phi) is 11.8. The van der Waals surface area contributed by atoms with Crippen LogP contribution in [0.15, 0.2) is 24.3 Å². The van der Waals surface area contributed by atoms with Gasteiger partial charge in [-0.1, -0.05) is 12.1 Å². The van der Waals surface area contributed by atoms with Crippen molar-refractivity contribution in [3.8, 4) is 5.75 Å². The Balaban J connectivity index is 2.86. The van der Waals surface area contributed by atoms with Gasteiger partial charge in [0.15, 0.2) is 0 Å². The summed E-state index contributed by atoms with van der Waals surface area (Å²) in [6.07, 6.45) is -1.18. The number of carbonyl (C=O) groups is 6. The zero-order valence-corrected chi connectivity index (χ0v) is 19.6. The van der Waals surface area contributed by atoms with Gasteiger partial charge in [-0.25, -0.2) is 4.79 Å². The molecule has 0 spiro atoms. The van der Waals surface area contributed by atoms with Crippen molar-refractivity contribution in [1.29, 1.82) is 0 Å². The number of primary amides is 1. The number of phenolic OH excluding ortho intramolecular Hbond substituents is 1. The molecule has 36 heavy (non-hydrogen) atoms. The smallest absolute Gasteiger partial charge is 0.326 e. The van der Waals surface area contributed by atoms with Crippen LogP contribution in [0.4, 0.5) is 0 Å². The fourth-order valence-electron chi connectivity index (χ4n) is 2.99. The Bertz CT molecular complexity index is 967. The van der Waals surface area contributed by atoms with Gasteiger partial charge in [-0.15, -0.1) is 0 Å². The lowest BCUT2D eigenvalue weighted by Gasteiger charge is -2.23. The van der Waals surface area contributed by atoms with Crippen molar-refractivity contribution in [3.05, 3.63) is 29.8 Å². The summed E-state index contributed by atoms with van der Waals surface area (Å²) >= 11 is 0. The molecule has 1 aromatic carbocycles. The summed E-state index contributed by atoms with van der Waals surface area (Å²) in [7, 11) is 0.